The standard InChI is InChI=1S/C28H25F2N/c1-28(2,3)31(25-17-11-10-16-24(25)29)26-19-22(20-12-6-4-7-13-20)18-23(27(26)30)21-14-8-5-9-15-21/h4-19H,1-3H3/i10D,11D,16D,17D. The van der Waals surface area contributed by atoms with Crippen molar-refractivity contribution in [3.8, 4) is 22.3 Å². The van der Waals surface area contributed by atoms with E-state index in [9.17, 15) is 0 Å². The number of para-hydroxylation sites is 1. The zero-order valence-corrected chi connectivity index (χ0v) is 17.6. The van der Waals surface area contributed by atoms with Crippen molar-refractivity contribution < 1.29 is 14.3 Å². The summed E-state index contributed by atoms with van der Waals surface area (Å²) in [6.45, 7) is 5.22. The van der Waals surface area contributed by atoms with E-state index in [1.165, 1.54) is 4.90 Å². The van der Waals surface area contributed by atoms with E-state index in [2.05, 4.69) is 0 Å². The molecule has 156 valence electrons. The molecule has 4 rings (SSSR count). The van der Waals surface area contributed by atoms with Gasteiger partial charge in [-0.1, -0.05) is 72.7 Å². The molecule has 1 nitrogen and oxygen atoms in total. The topological polar surface area (TPSA) is 3.24 Å². The van der Waals surface area contributed by atoms with Crippen LogP contribution in [0.1, 0.15) is 26.3 Å². The second-order valence-electron chi connectivity index (χ2n) is 8.26. The van der Waals surface area contributed by atoms with Crippen molar-refractivity contribution in [2.45, 2.75) is 26.3 Å². The summed E-state index contributed by atoms with van der Waals surface area (Å²) in [5.41, 5.74) is 1.13. The Kier molecular flexibility index (Phi) is 4.38. The quantitative estimate of drug-likeness (QED) is 0.323. The van der Waals surface area contributed by atoms with Crippen LogP contribution in [0.25, 0.3) is 22.3 Å². The molecule has 0 aliphatic carbocycles. The van der Waals surface area contributed by atoms with Gasteiger partial charge in [-0.15, -0.1) is 0 Å². The molecule has 0 bridgehead atoms. The molecule has 0 spiro atoms. The van der Waals surface area contributed by atoms with E-state index in [1.54, 1.807) is 57.2 Å². The number of hydrogen-bond donors (Lipinski definition) is 0. The average Bonchev–Trinajstić information content (AvgIpc) is 2.85. The van der Waals surface area contributed by atoms with Gasteiger partial charge in [-0.3, -0.25) is 0 Å². The molecule has 0 saturated carbocycles. The molecule has 0 aliphatic heterocycles. The average molecular weight is 418 g/mol. The lowest BCUT2D eigenvalue weighted by atomic mass is 9.94. The van der Waals surface area contributed by atoms with Crippen LogP contribution in [0.4, 0.5) is 20.2 Å². The van der Waals surface area contributed by atoms with E-state index in [1.807, 2.05) is 36.4 Å². The van der Waals surface area contributed by atoms with Gasteiger partial charge in [0.2, 0.25) is 0 Å². The highest BCUT2D eigenvalue weighted by Gasteiger charge is 2.29. The van der Waals surface area contributed by atoms with E-state index in [-0.39, 0.29) is 5.69 Å². The molecular formula is C28H25F2N. The third-order valence-corrected chi connectivity index (χ3v) is 5.00. The Labute approximate surface area is 188 Å². The minimum atomic E-state index is -1.13. The van der Waals surface area contributed by atoms with Crippen molar-refractivity contribution in [1.82, 2.24) is 0 Å². The van der Waals surface area contributed by atoms with Gasteiger partial charge in [-0.2, -0.15) is 0 Å². The van der Waals surface area contributed by atoms with E-state index < -0.39 is 47.0 Å². The summed E-state index contributed by atoms with van der Waals surface area (Å²) in [6, 6.07) is 19.1. The van der Waals surface area contributed by atoms with E-state index in [4.69, 9.17) is 5.48 Å². The fourth-order valence-electron chi connectivity index (χ4n) is 3.66. The monoisotopic (exact) mass is 417 g/mol. The molecule has 0 amide bonds. The van der Waals surface area contributed by atoms with Crippen molar-refractivity contribution in [3.63, 3.8) is 0 Å². The lowest BCUT2D eigenvalue weighted by molar-refractivity contribution is 0.527. The number of benzene rings is 4. The van der Waals surface area contributed by atoms with Crippen LogP contribution in [0.15, 0.2) is 97.0 Å². The predicted octanol–water partition coefficient (Wildman–Crippen LogP) is 8.24. The maximum atomic E-state index is 16.3. The van der Waals surface area contributed by atoms with Gasteiger partial charge in [0, 0.05) is 11.1 Å². The highest BCUT2D eigenvalue weighted by atomic mass is 19.1. The molecule has 0 heterocycles. The van der Waals surface area contributed by atoms with Crippen LogP contribution in [0.2, 0.25) is 0 Å². The summed E-state index contributed by atoms with van der Waals surface area (Å²) in [5.74, 6) is -1.74. The molecule has 0 saturated heterocycles. The lowest BCUT2D eigenvalue weighted by Gasteiger charge is -2.38. The summed E-state index contributed by atoms with van der Waals surface area (Å²) >= 11 is 0. The molecule has 0 N–H and O–H groups in total. The largest absolute Gasteiger partial charge is 0.331 e. The Hall–Kier alpha value is -3.46. The Morgan fingerprint density at radius 3 is 1.90 bits per heavy atom. The first-order valence-corrected chi connectivity index (χ1v) is 10.0. The van der Waals surface area contributed by atoms with Crippen molar-refractivity contribution in [2.75, 3.05) is 4.90 Å². The van der Waals surface area contributed by atoms with Crippen LogP contribution in [0.3, 0.4) is 0 Å². The van der Waals surface area contributed by atoms with Crippen LogP contribution >= 0.6 is 0 Å². The molecule has 4 aromatic rings. The molecular weight excluding hydrogens is 388 g/mol. The maximum Gasteiger partial charge on any atom is 0.154 e. The van der Waals surface area contributed by atoms with Gasteiger partial charge in [0.1, 0.15) is 5.82 Å². The minimum Gasteiger partial charge on any atom is -0.331 e. The summed E-state index contributed by atoms with van der Waals surface area (Å²) in [4.78, 5) is 1.33. The van der Waals surface area contributed by atoms with Gasteiger partial charge in [0.05, 0.1) is 16.9 Å². The van der Waals surface area contributed by atoms with Crippen LogP contribution in [-0.2, 0) is 0 Å². The Morgan fingerprint density at radius 1 is 0.710 bits per heavy atom. The molecule has 0 fully saturated rings. The molecule has 0 aromatic heterocycles. The van der Waals surface area contributed by atoms with Crippen LogP contribution < -0.4 is 4.90 Å². The second kappa shape index (κ2) is 8.35. The van der Waals surface area contributed by atoms with Crippen LogP contribution in [0, 0.1) is 11.6 Å². The van der Waals surface area contributed by atoms with Gasteiger partial charge < -0.3 is 4.90 Å². The van der Waals surface area contributed by atoms with Crippen LogP contribution in [-0.4, -0.2) is 5.54 Å². The summed E-state index contributed by atoms with van der Waals surface area (Å²) in [6.07, 6.45) is 0. The van der Waals surface area contributed by atoms with Gasteiger partial charge in [-0.05, 0) is 61.7 Å². The number of halogens is 2. The first-order valence-electron chi connectivity index (χ1n) is 12.0. The SMILES string of the molecule is [2H]c1c([2H])c([2H])c(N(c2cc(-c3ccccc3)cc(-c3ccccc3)c2F)C(C)(C)C)c(F)c1[2H]. The van der Waals surface area contributed by atoms with Gasteiger partial charge in [-0.25, -0.2) is 8.78 Å². The van der Waals surface area contributed by atoms with Gasteiger partial charge in [0.15, 0.2) is 5.82 Å². The second-order valence-corrected chi connectivity index (χ2v) is 8.26. The molecule has 0 aliphatic rings. The van der Waals surface area contributed by atoms with Gasteiger partial charge in [0.25, 0.3) is 0 Å². The first-order chi connectivity index (χ1) is 16.5. The maximum absolute atomic E-state index is 16.3. The summed E-state index contributed by atoms with van der Waals surface area (Å²) in [7, 11) is 0. The zero-order valence-electron chi connectivity index (χ0n) is 21.6. The predicted molar refractivity (Wildman–Crippen MR) is 126 cm³/mol. The fraction of sp³-hybridized carbons (Fsp3) is 0.143. The zero-order chi connectivity index (χ0) is 25.5. The van der Waals surface area contributed by atoms with Crippen molar-refractivity contribution in [1.29, 1.82) is 0 Å². The lowest BCUT2D eigenvalue weighted by Crippen LogP contribution is -2.38. The third-order valence-electron chi connectivity index (χ3n) is 5.00. The Balaban J connectivity index is 2.10. The van der Waals surface area contributed by atoms with Crippen LogP contribution in [0.5, 0.6) is 0 Å². The molecule has 0 radical (unpaired) electrons. The number of nitrogens with zero attached hydrogens (tertiary/aromatic N) is 1. The third kappa shape index (κ3) is 4.22. The number of hydrogen-bond acceptors (Lipinski definition) is 1. The highest BCUT2D eigenvalue weighted by Crippen LogP contribution is 2.42. The molecule has 31 heavy (non-hydrogen) atoms. The highest BCUT2D eigenvalue weighted by molar-refractivity contribution is 5.82. The smallest absolute Gasteiger partial charge is 0.154 e. The Bertz CT molecular complexity index is 1360. The van der Waals surface area contributed by atoms with E-state index >= 15 is 8.78 Å². The molecule has 0 atom stereocenters. The first kappa shape index (κ1) is 16.3. The minimum absolute atomic E-state index is 0.0154. The number of anilines is 2. The normalized spacial score (nSPS) is 13.2. The van der Waals surface area contributed by atoms with Gasteiger partial charge >= 0.3 is 0 Å². The van der Waals surface area contributed by atoms with E-state index in [0.717, 1.165) is 5.56 Å². The molecule has 3 heteroatoms. The number of rotatable bonds is 4. The molecule has 4 aromatic carbocycles. The van der Waals surface area contributed by atoms with E-state index in [0.29, 0.717) is 16.7 Å². The van der Waals surface area contributed by atoms with Crippen molar-refractivity contribution >= 4 is 11.4 Å². The van der Waals surface area contributed by atoms with Crippen molar-refractivity contribution in [2.24, 2.45) is 0 Å². The van der Waals surface area contributed by atoms with Crippen molar-refractivity contribution in [3.05, 3.63) is 109 Å². The summed E-state index contributed by atoms with van der Waals surface area (Å²) in [5, 5.41) is 0. The fourth-order valence-corrected chi connectivity index (χ4v) is 3.66. The molecule has 0 unspecified atom stereocenters. The Morgan fingerprint density at radius 2 is 1.29 bits per heavy atom. The summed E-state index contributed by atoms with van der Waals surface area (Å²) < 4.78 is 64.2.